The molecule has 1 aromatic heterocycles. The van der Waals surface area contributed by atoms with Gasteiger partial charge in [0.25, 0.3) is 5.91 Å². The molecule has 0 spiro atoms. The number of carboxylic acid groups (broad SMARTS) is 1. The maximum Gasteiger partial charge on any atom is 0.322 e. The summed E-state index contributed by atoms with van der Waals surface area (Å²) < 4.78 is 0. The van der Waals surface area contributed by atoms with Gasteiger partial charge in [-0.1, -0.05) is 18.2 Å². The molecule has 2 aromatic rings. The van der Waals surface area contributed by atoms with Gasteiger partial charge in [0.1, 0.15) is 6.54 Å². The number of hydrogen-bond acceptors (Lipinski definition) is 3. The Hall–Kier alpha value is -2.43. The molecule has 92 valence electrons. The zero-order valence-corrected chi connectivity index (χ0v) is 9.80. The molecule has 0 atom stereocenters. The number of carbonyl (C=O) groups excluding carboxylic acids is 1. The quantitative estimate of drug-likeness (QED) is 0.854. The zero-order chi connectivity index (χ0) is 13.1. The maximum absolute atomic E-state index is 11.8. The van der Waals surface area contributed by atoms with Gasteiger partial charge in [0.05, 0.1) is 16.8 Å². The van der Waals surface area contributed by atoms with Crippen LogP contribution in [0, 0.1) is 6.92 Å². The summed E-state index contributed by atoms with van der Waals surface area (Å²) in [4.78, 5) is 26.5. The third-order valence-electron chi connectivity index (χ3n) is 2.56. The Morgan fingerprint density at radius 3 is 2.78 bits per heavy atom. The Morgan fingerprint density at radius 2 is 2.06 bits per heavy atom. The largest absolute Gasteiger partial charge is 0.480 e. The smallest absolute Gasteiger partial charge is 0.322 e. The summed E-state index contributed by atoms with van der Waals surface area (Å²) in [6, 6.07) is 9.17. The number of carboxylic acids is 1. The van der Waals surface area contributed by atoms with Crippen molar-refractivity contribution in [3.63, 3.8) is 0 Å². The molecule has 0 unspecified atom stereocenters. The number of nitrogens with zero attached hydrogens (tertiary/aromatic N) is 1. The lowest BCUT2D eigenvalue weighted by molar-refractivity contribution is -0.135. The van der Waals surface area contributed by atoms with E-state index in [0.717, 1.165) is 10.9 Å². The first-order valence-corrected chi connectivity index (χ1v) is 5.44. The van der Waals surface area contributed by atoms with Crippen molar-refractivity contribution in [2.45, 2.75) is 6.92 Å². The summed E-state index contributed by atoms with van der Waals surface area (Å²) in [5.74, 6) is -1.50. The number of aliphatic carboxylic acids is 1. The summed E-state index contributed by atoms with van der Waals surface area (Å²) in [5, 5.41) is 11.7. The third kappa shape index (κ3) is 2.45. The van der Waals surface area contributed by atoms with E-state index in [1.54, 1.807) is 13.0 Å². The molecule has 0 bridgehead atoms. The van der Waals surface area contributed by atoms with E-state index >= 15 is 0 Å². The number of benzene rings is 1. The van der Waals surface area contributed by atoms with Crippen molar-refractivity contribution in [1.29, 1.82) is 0 Å². The molecule has 0 saturated heterocycles. The Kier molecular flexibility index (Phi) is 3.23. The maximum atomic E-state index is 11.8. The fourth-order valence-corrected chi connectivity index (χ4v) is 1.69. The number of rotatable bonds is 3. The number of nitrogens with one attached hydrogen (secondary N) is 1. The fourth-order valence-electron chi connectivity index (χ4n) is 1.69. The van der Waals surface area contributed by atoms with Gasteiger partial charge < -0.3 is 10.4 Å². The number of aryl methyl sites for hydroxylation is 1. The average Bonchev–Trinajstić information content (AvgIpc) is 2.35. The van der Waals surface area contributed by atoms with Crippen LogP contribution in [0.4, 0.5) is 0 Å². The summed E-state index contributed by atoms with van der Waals surface area (Å²) >= 11 is 0. The lowest BCUT2D eigenvalue weighted by Gasteiger charge is -2.07. The molecule has 0 fully saturated rings. The van der Waals surface area contributed by atoms with Crippen molar-refractivity contribution >= 4 is 22.8 Å². The second-order valence-corrected chi connectivity index (χ2v) is 3.89. The highest BCUT2D eigenvalue weighted by Crippen LogP contribution is 2.15. The normalized spacial score (nSPS) is 10.3. The Bertz CT molecular complexity index is 623. The number of aromatic nitrogens is 1. The number of fused-ring (bicyclic) bond motifs is 1. The van der Waals surface area contributed by atoms with Crippen molar-refractivity contribution in [1.82, 2.24) is 10.3 Å². The van der Waals surface area contributed by atoms with E-state index in [9.17, 15) is 9.59 Å². The van der Waals surface area contributed by atoms with Gasteiger partial charge in [-0.15, -0.1) is 0 Å². The Labute approximate surface area is 103 Å². The topological polar surface area (TPSA) is 79.3 Å². The number of pyridine rings is 1. The minimum atomic E-state index is -1.07. The van der Waals surface area contributed by atoms with E-state index in [0.29, 0.717) is 11.3 Å². The van der Waals surface area contributed by atoms with Gasteiger partial charge in [-0.05, 0) is 19.1 Å². The lowest BCUT2D eigenvalue weighted by Crippen LogP contribution is -2.29. The van der Waals surface area contributed by atoms with E-state index in [-0.39, 0.29) is 0 Å². The van der Waals surface area contributed by atoms with Crippen LogP contribution in [0.25, 0.3) is 10.9 Å². The zero-order valence-electron chi connectivity index (χ0n) is 9.80. The molecule has 5 nitrogen and oxygen atoms in total. The molecule has 1 heterocycles. The van der Waals surface area contributed by atoms with E-state index in [2.05, 4.69) is 10.3 Å². The van der Waals surface area contributed by atoms with Crippen LogP contribution in [0.2, 0.25) is 0 Å². The first kappa shape index (κ1) is 12.0. The highest BCUT2D eigenvalue weighted by Gasteiger charge is 2.12. The van der Waals surface area contributed by atoms with E-state index in [1.807, 2.05) is 24.3 Å². The third-order valence-corrected chi connectivity index (χ3v) is 2.56. The van der Waals surface area contributed by atoms with Crippen LogP contribution in [-0.2, 0) is 4.79 Å². The Morgan fingerprint density at radius 1 is 1.33 bits per heavy atom. The van der Waals surface area contributed by atoms with E-state index in [4.69, 9.17) is 5.11 Å². The SMILES string of the molecule is Cc1nc2ccccc2cc1C(=O)NCC(=O)O. The van der Waals surface area contributed by atoms with Crippen LogP contribution < -0.4 is 5.32 Å². The molecule has 1 aromatic carbocycles. The number of amides is 1. The second-order valence-electron chi connectivity index (χ2n) is 3.89. The highest BCUT2D eigenvalue weighted by molar-refractivity contribution is 5.99. The molecular formula is C13H12N2O3. The molecular weight excluding hydrogens is 232 g/mol. The standard InChI is InChI=1S/C13H12N2O3/c1-8-10(13(18)14-7-12(16)17)6-9-4-2-3-5-11(9)15-8/h2-6H,7H2,1H3,(H,14,18)(H,16,17). The van der Waals surface area contributed by atoms with Crippen molar-refractivity contribution in [3.8, 4) is 0 Å². The van der Waals surface area contributed by atoms with Crippen LogP contribution in [0.1, 0.15) is 16.1 Å². The van der Waals surface area contributed by atoms with Crippen molar-refractivity contribution in [3.05, 3.63) is 41.6 Å². The molecule has 0 saturated carbocycles. The highest BCUT2D eigenvalue weighted by atomic mass is 16.4. The van der Waals surface area contributed by atoms with Gasteiger partial charge in [-0.2, -0.15) is 0 Å². The summed E-state index contributed by atoms with van der Waals surface area (Å²) in [6.07, 6.45) is 0. The van der Waals surface area contributed by atoms with Gasteiger partial charge in [-0.3, -0.25) is 14.6 Å². The lowest BCUT2D eigenvalue weighted by atomic mass is 10.1. The molecule has 2 rings (SSSR count). The Balaban J connectivity index is 2.35. The summed E-state index contributed by atoms with van der Waals surface area (Å²) in [7, 11) is 0. The number of para-hydroxylation sites is 1. The number of hydrogen-bond donors (Lipinski definition) is 2. The molecule has 18 heavy (non-hydrogen) atoms. The summed E-state index contributed by atoms with van der Waals surface area (Å²) in [5.41, 5.74) is 1.79. The van der Waals surface area contributed by atoms with Crippen LogP contribution in [0.5, 0.6) is 0 Å². The van der Waals surface area contributed by atoms with Crippen molar-refractivity contribution < 1.29 is 14.7 Å². The first-order chi connectivity index (χ1) is 8.58. The van der Waals surface area contributed by atoms with Crippen LogP contribution in [0.3, 0.4) is 0 Å². The van der Waals surface area contributed by atoms with Gasteiger partial charge in [-0.25, -0.2) is 0 Å². The molecule has 0 radical (unpaired) electrons. The second kappa shape index (κ2) is 4.83. The van der Waals surface area contributed by atoms with Crippen LogP contribution in [0.15, 0.2) is 30.3 Å². The molecule has 2 N–H and O–H groups in total. The fraction of sp³-hybridized carbons (Fsp3) is 0.154. The predicted octanol–water partition coefficient (Wildman–Crippen LogP) is 1.36. The number of carbonyl (C=O) groups is 2. The van der Waals surface area contributed by atoms with Gasteiger partial charge in [0, 0.05) is 5.39 Å². The van der Waals surface area contributed by atoms with Gasteiger partial charge >= 0.3 is 5.97 Å². The molecule has 1 amide bonds. The van der Waals surface area contributed by atoms with E-state index < -0.39 is 18.4 Å². The van der Waals surface area contributed by atoms with Crippen molar-refractivity contribution in [2.24, 2.45) is 0 Å². The van der Waals surface area contributed by atoms with E-state index in [1.165, 1.54) is 0 Å². The summed E-state index contributed by atoms with van der Waals surface area (Å²) in [6.45, 7) is 1.33. The van der Waals surface area contributed by atoms with Gasteiger partial charge in [0.15, 0.2) is 0 Å². The minimum Gasteiger partial charge on any atom is -0.480 e. The predicted molar refractivity (Wildman–Crippen MR) is 66.4 cm³/mol. The van der Waals surface area contributed by atoms with Crippen LogP contribution in [-0.4, -0.2) is 28.5 Å². The molecule has 0 aliphatic rings. The van der Waals surface area contributed by atoms with Crippen molar-refractivity contribution in [2.75, 3.05) is 6.54 Å². The first-order valence-electron chi connectivity index (χ1n) is 5.44. The minimum absolute atomic E-state index is 0.398. The van der Waals surface area contributed by atoms with Gasteiger partial charge in [0.2, 0.25) is 0 Å². The average molecular weight is 244 g/mol. The molecule has 5 heteroatoms. The monoisotopic (exact) mass is 244 g/mol. The molecule has 0 aliphatic carbocycles. The van der Waals surface area contributed by atoms with Crippen LogP contribution >= 0.6 is 0 Å². The molecule has 0 aliphatic heterocycles.